The predicted molar refractivity (Wildman–Crippen MR) is 122 cm³/mol. The largest absolute Gasteiger partial charge is 0.497 e. The lowest BCUT2D eigenvalue weighted by molar-refractivity contribution is 0.0263. The van der Waals surface area contributed by atoms with E-state index in [1.165, 1.54) is 0 Å². The van der Waals surface area contributed by atoms with Crippen molar-refractivity contribution in [2.24, 2.45) is 4.99 Å². The van der Waals surface area contributed by atoms with E-state index in [-0.39, 0.29) is 24.0 Å². The van der Waals surface area contributed by atoms with E-state index in [1.54, 1.807) is 7.11 Å². The number of ether oxygens (including phenoxy) is 2. The van der Waals surface area contributed by atoms with Gasteiger partial charge in [-0.3, -0.25) is 4.99 Å². The van der Waals surface area contributed by atoms with E-state index >= 15 is 0 Å². The van der Waals surface area contributed by atoms with E-state index < -0.39 is 0 Å². The molecule has 1 saturated heterocycles. The highest BCUT2D eigenvalue weighted by molar-refractivity contribution is 14.0. The third kappa shape index (κ3) is 5.84. The van der Waals surface area contributed by atoms with E-state index in [9.17, 15) is 0 Å². The van der Waals surface area contributed by atoms with Crippen LogP contribution in [0.5, 0.6) is 5.75 Å². The van der Waals surface area contributed by atoms with Crippen LogP contribution in [0.3, 0.4) is 0 Å². The number of hydrogen-bond donors (Lipinski definition) is 1. The number of nitrogens with zero attached hydrogens (tertiary/aromatic N) is 4. The summed E-state index contributed by atoms with van der Waals surface area (Å²) in [6, 6.07) is 9.87. The molecule has 0 atom stereocenters. The van der Waals surface area contributed by atoms with Gasteiger partial charge in [-0.15, -0.1) is 24.0 Å². The topological polar surface area (TPSA) is 63.9 Å². The number of guanidine groups is 1. The van der Waals surface area contributed by atoms with Crippen LogP contribution in [0.1, 0.15) is 25.5 Å². The monoisotopic (exact) mass is 499 g/mol. The molecule has 3 rings (SSSR count). The van der Waals surface area contributed by atoms with Gasteiger partial charge >= 0.3 is 0 Å². The van der Waals surface area contributed by atoms with Gasteiger partial charge in [0.2, 0.25) is 0 Å². The van der Waals surface area contributed by atoms with Crippen LogP contribution in [-0.4, -0.2) is 60.6 Å². The standard InChI is InChI=1S/C20H29N5O2.HI/c1-4-27-19-10-12-24(13-11-19)20(21-2)22-15-16-9-14-25(23-16)17-5-7-18(26-3)8-6-17;/h5-9,14,19H,4,10-13,15H2,1-3H3,(H,21,22);1H. The SMILES string of the molecule is CCOC1CCN(C(=NC)NCc2ccn(-c3ccc(OC)cc3)n2)CC1.I. The molecule has 1 aromatic carbocycles. The van der Waals surface area contributed by atoms with Gasteiger partial charge < -0.3 is 19.7 Å². The highest BCUT2D eigenvalue weighted by Gasteiger charge is 2.21. The van der Waals surface area contributed by atoms with Crippen LogP contribution >= 0.6 is 24.0 Å². The van der Waals surface area contributed by atoms with Crippen molar-refractivity contribution >= 4 is 29.9 Å². The van der Waals surface area contributed by atoms with Crippen molar-refractivity contribution in [1.82, 2.24) is 20.0 Å². The molecule has 1 fully saturated rings. The maximum atomic E-state index is 5.73. The Morgan fingerprint density at radius 3 is 2.54 bits per heavy atom. The van der Waals surface area contributed by atoms with E-state index in [2.05, 4.69) is 27.2 Å². The van der Waals surface area contributed by atoms with Crippen LogP contribution in [-0.2, 0) is 11.3 Å². The van der Waals surface area contributed by atoms with Crippen molar-refractivity contribution in [1.29, 1.82) is 0 Å². The van der Waals surface area contributed by atoms with Gasteiger partial charge in [0, 0.05) is 32.9 Å². The van der Waals surface area contributed by atoms with E-state index in [0.717, 1.165) is 55.6 Å². The molecule has 1 aliphatic rings. The van der Waals surface area contributed by atoms with E-state index in [0.29, 0.717) is 12.6 Å². The molecule has 0 aliphatic carbocycles. The molecule has 0 bridgehead atoms. The Bertz CT molecular complexity index is 739. The van der Waals surface area contributed by atoms with Crippen LogP contribution in [0, 0.1) is 0 Å². The number of aliphatic imine (C=N–C) groups is 1. The zero-order chi connectivity index (χ0) is 19.1. The van der Waals surface area contributed by atoms with E-state index in [1.807, 2.05) is 48.3 Å². The molecule has 7 nitrogen and oxygen atoms in total. The summed E-state index contributed by atoms with van der Waals surface area (Å²) in [4.78, 5) is 6.71. The molecule has 0 unspecified atom stereocenters. The van der Waals surface area contributed by atoms with Crippen LogP contribution in [0.4, 0.5) is 0 Å². The minimum Gasteiger partial charge on any atom is -0.497 e. The molecule has 154 valence electrons. The Kier molecular flexibility index (Phi) is 9.04. The maximum Gasteiger partial charge on any atom is 0.193 e. The number of hydrogen-bond acceptors (Lipinski definition) is 4. The van der Waals surface area contributed by atoms with Gasteiger partial charge in [0.1, 0.15) is 5.75 Å². The average Bonchev–Trinajstić information content (AvgIpc) is 3.19. The first kappa shape index (κ1) is 22.5. The molecule has 28 heavy (non-hydrogen) atoms. The summed E-state index contributed by atoms with van der Waals surface area (Å²) in [5.74, 6) is 1.76. The van der Waals surface area contributed by atoms with Crippen molar-refractivity contribution in [3.05, 3.63) is 42.2 Å². The molecule has 2 heterocycles. The molecular formula is C20H30IN5O2. The molecule has 0 radical (unpaired) electrons. The lowest BCUT2D eigenvalue weighted by Gasteiger charge is -2.33. The van der Waals surface area contributed by atoms with Crippen LogP contribution in [0.15, 0.2) is 41.5 Å². The summed E-state index contributed by atoms with van der Waals surface area (Å²) in [6.07, 6.45) is 4.43. The number of aromatic nitrogens is 2. The molecule has 1 N–H and O–H groups in total. The second kappa shape index (κ2) is 11.3. The normalized spacial score (nSPS) is 15.2. The van der Waals surface area contributed by atoms with Crippen molar-refractivity contribution in [2.75, 3.05) is 33.9 Å². The van der Waals surface area contributed by atoms with Gasteiger partial charge in [-0.05, 0) is 50.1 Å². The number of piperidine rings is 1. The fourth-order valence-corrected chi connectivity index (χ4v) is 3.31. The molecule has 0 saturated carbocycles. The number of halogens is 1. The molecule has 1 aromatic heterocycles. The predicted octanol–water partition coefficient (Wildman–Crippen LogP) is 3.08. The number of rotatable bonds is 6. The second-order valence-electron chi connectivity index (χ2n) is 6.49. The smallest absolute Gasteiger partial charge is 0.193 e. The zero-order valence-corrected chi connectivity index (χ0v) is 19.1. The Morgan fingerprint density at radius 2 is 1.93 bits per heavy atom. The summed E-state index contributed by atoms with van der Waals surface area (Å²) in [7, 11) is 3.49. The first-order valence-corrected chi connectivity index (χ1v) is 9.49. The third-order valence-electron chi connectivity index (χ3n) is 4.76. The Hall–Kier alpha value is -1.81. The molecule has 0 spiro atoms. The van der Waals surface area contributed by atoms with Crippen LogP contribution in [0.2, 0.25) is 0 Å². The molecule has 0 amide bonds. The fraction of sp³-hybridized carbons (Fsp3) is 0.500. The summed E-state index contributed by atoms with van der Waals surface area (Å²) in [6.45, 7) is 5.41. The zero-order valence-electron chi connectivity index (χ0n) is 16.8. The molecule has 2 aromatic rings. The fourth-order valence-electron chi connectivity index (χ4n) is 3.31. The van der Waals surface area contributed by atoms with Gasteiger partial charge in [-0.2, -0.15) is 5.10 Å². The summed E-state index contributed by atoms with van der Waals surface area (Å²) in [5, 5.41) is 8.07. The van der Waals surface area contributed by atoms with Crippen molar-refractivity contribution in [3.8, 4) is 11.4 Å². The van der Waals surface area contributed by atoms with Crippen molar-refractivity contribution < 1.29 is 9.47 Å². The Morgan fingerprint density at radius 1 is 1.21 bits per heavy atom. The Balaban J connectivity index is 0.00000280. The summed E-state index contributed by atoms with van der Waals surface area (Å²) < 4.78 is 12.8. The number of likely N-dealkylation sites (tertiary alicyclic amines) is 1. The van der Waals surface area contributed by atoms with Gasteiger partial charge in [0.25, 0.3) is 0 Å². The first-order chi connectivity index (χ1) is 13.2. The van der Waals surface area contributed by atoms with Crippen LogP contribution in [0.25, 0.3) is 5.69 Å². The summed E-state index contributed by atoms with van der Waals surface area (Å²) >= 11 is 0. The Labute approximate surface area is 184 Å². The van der Waals surface area contributed by atoms with Gasteiger partial charge in [-0.25, -0.2) is 4.68 Å². The highest BCUT2D eigenvalue weighted by Crippen LogP contribution is 2.15. The molecule has 8 heteroatoms. The maximum absolute atomic E-state index is 5.73. The van der Waals surface area contributed by atoms with Gasteiger partial charge in [0.05, 0.1) is 31.1 Å². The van der Waals surface area contributed by atoms with Crippen molar-refractivity contribution in [3.63, 3.8) is 0 Å². The number of methoxy groups -OCH3 is 1. The highest BCUT2D eigenvalue weighted by atomic mass is 127. The van der Waals surface area contributed by atoms with Crippen LogP contribution < -0.4 is 10.1 Å². The lowest BCUT2D eigenvalue weighted by Crippen LogP contribution is -2.46. The number of nitrogens with one attached hydrogen (secondary N) is 1. The molecule has 1 aliphatic heterocycles. The summed E-state index contributed by atoms with van der Waals surface area (Å²) in [5.41, 5.74) is 1.97. The average molecular weight is 499 g/mol. The molecular weight excluding hydrogens is 469 g/mol. The third-order valence-corrected chi connectivity index (χ3v) is 4.76. The van der Waals surface area contributed by atoms with Gasteiger partial charge in [0.15, 0.2) is 5.96 Å². The quantitative estimate of drug-likeness (QED) is 0.376. The van der Waals surface area contributed by atoms with Gasteiger partial charge in [-0.1, -0.05) is 0 Å². The van der Waals surface area contributed by atoms with Crippen molar-refractivity contribution in [2.45, 2.75) is 32.4 Å². The minimum absolute atomic E-state index is 0. The first-order valence-electron chi connectivity index (χ1n) is 9.49. The van der Waals surface area contributed by atoms with E-state index in [4.69, 9.17) is 9.47 Å². The lowest BCUT2D eigenvalue weighted by atomic mass is 10.1. The second-order valence-corrected chi connectivity index (χ2v) is 6.49. The minimum atomic E-state index is 0. The number of benzene rings is 1.